The van der Waals surface area contributed by atoms with E-state index >= 15 is 0 Å². The lowest BCUT2D eigenvalue weighted by atomic mass is 9.95. The maximum absolute atomic E-state index is 14.9. The summed E-state index contributed by atoms with van der Waals surface area (Å²) in [5.41, 5.74) is 0.872. The molecule has 1 atom stereocenters. The lowest BCUT2D eigenvalue weighted by molar-refractivity contribution is 0.0222. The number of fused-ring (bicyclic) bond motifs is 2. The Morgan fingerprint density at radius 1 is 1.11 bits per heavy atom. The van der Waals surface area contributed by atoms with Gasteiger partial charge in [0.25, 0.3) is 5.56 Å². The molecule has 2 N–H and O–H groups in total. The number of ether oxygens (including phenoxy) is 1. The topological polar surface area (TPSA) is 127 Å². The number of rotatable bonds is 6. The van der Waals surface area contributed by atoms with Gasteiger partial charge in [0.15, 0.2) is 11.5 Å². The number of carbonyl (C=O) groups is 1. The SMILES string of the molecule is CC(C)n1c(=O)c2cnc(Nc3ccc4c(c3)CCN(C(=O)OC(C)(C)C)C4)nc2n1-c1ccc(F)c(C(C)(O)C2CC2)n1. The predicted molar refractivity (Wildman–Crippen MR) is 164 cm³/mol. The third-order valence-electron chi connectivity index (χ3n) is 8.14. The van der Waals surface area contributed by atoms with E-state index in [1.807, 2.05) is 52.8 Å². The molecule has 1 aliphatic carbocycles. The number of anilines is 2. The van der Waals surface area contributed by atoms with Crippen molar-refractivity contribution in [3.8, 4) is 5.82 Å². The Balaban J connectivity index is 1.33. The van der Waals surface area contributed by atoms with Gasteiger partial charge in [-0.2, -0.15) is 4.98 Å². The van der Waals surface area contributed by atoms with E-state index in [9.17, 15) is 19.1 Å². The van der Waals surface area contributed by atoms with Crippen LogP contribution in [0.2, 0.25) is 0 Å². The van der Waals surface area contributed by atoms with Crippen LogP contribution in [0.3, 0.4) is 0 Å². The van der Waals surface area contributed by atoms with Crippen LogP contribution in [0.4, 0.5) is 20.8 Å². The van der Waals surface area contributed by atoms with Crippen molar-refractivity contribution in [3.63, 3.8) is 0 Å². The quantitative estimate of drug-likeness (QED) is 0.302. The molecule has 1 aliphatic heterocycles. The minimum atomic E-state index is -1.43. The van der Waals surface area contributed by atoms with Gasteiger partial charge in [-0.3, -0.25) is 4.79 Å². The highest BCUT2D eigenvalue weighted by atomic mass is 19.1. The molecule has 1 fully saturated rings. The van der Waals surface area contributed by atoms with Crippen molar-refractivity contribution in [3.05, 3.63) is 69.5 Å². The molecule has 0 saturated heterocycles. The van der Waals surface area contributed by atoms with Crippen molar-refractivity contribution < 1.29 is 19.0 Å². The van der Waals surface area contributed by atoms with Gasteiger partial charge in [0, 0.05) is 31.0 Å². The van der Waals surface area contributed by atoms with E-state index in [0.717, 1.165) is 29.7 Å². The number of aliphatic hydroxyl groups is 1. The highest BCUT2D eigenvalue weighted by molar-refractivity contribution is 5.77. The van der Waals surface area contributed by atoms with Gasteiger partial charge in [-0.1, -0.05) is 6.07 Å². The number of halogens is 1. The summed E-state index contributed by atoms with van der Waals surface area (Å²) < 4.78 is 23.6. The fourth-order valence-corrected chi connectivity index (χ4v) is 5.73. The summed E-state index contributed by atoms with van der Waals surface area (Å²) in [6.07, 6.45) is 3.42. The van der Waals surface area contributed by atoms with Gasteiger partial charge >= 0.3 is 6.09 Å². The molecule has 1 aromatic carbocycles. The standard InChI is InChI=1S/C32H38FN7O4/c1-18(2)39-28(41)23-16-34-29(35-22-10-7-20-17-38(14-13-19(20)15-22)30(42)44-31(3,4)5)37-27(23)40(39)25-12-11-24(33)26(36-25)32(6,43)21-8-9-21/h7,10-12,15-16,18,21,43H,8-9,13-14,17H2,1-6H3,(H,34,35,37). The molecule has 0 bridgehead atoms. The largest absolute Gasteiger partial charge is 0.444 e. The molecule has 4 aromatic rings. The smallest absolute Gasteiger partial charge is 0.410 e. The molecule has 2 aliphatic rings. The molecule has 1 amide bonds. The second kappa shape index (κ2) is 10.7. The third-order valence-corrected chi connectivity index (χ3v) is 8.14. The van der Waals surface area contributed by atoms with E-state index < -0.39 is 17.0 Å². The first-order valence-electron chi connectivity index (χ1n) is 15.0. The molecule has 11 nitrogen and oxygen atoms in total. The lowest BCUT2D eigenvalue weighted by Gasteiger charge is -2.31. The van der Waals surface area contributed by atoms with Crippen molar-refractivity contribution in [1.29, 1.82) is 0 Å². The van der Waals surface area contributed by atoms with E-state index in [2.05, 4.69) is 15.3 Å². The van der Waals surface area contributed by atoms with E-state index in [4.69, 9.17) is 9.72 Å². The zero-order valence-corrected chi connectivity index (χ0v) is 25.9. The highest BCUT2D eigenvalue weighted by Gasteiger charge is 2.44. The van der Waals surface area contributed by atoms with Crippen LogP contribution < -0.4 is 10.9 Å². The van der Waals surface area contributed by atoms with Gasteiger partial charge in [0.05, 0.1) is 0 Å². The number of aromatic nitrogens is 5. The van der Waals surface area contributed by atoms with Crippen molar-refractivity contribution in [2.45, 2.75) is 84.6 Å². The molecule has 44 heavy (non-hydrogen) atoms. The molecule has 6 rings (SSSR count). The second-order valence-electron chi connectivity index (χ2n) is 13.2. The normalized spacial score (nSPS) is 16.6. The van der Waals surface area contributed by atoms with Crippen molar-refractivity contribution in [2.24, 2.45) is 5.92 Å². The number of benzene rings is 1. The summed E-state index contributed by atoms with van der Waals surface area (Å²) in [7, 11) is 0. The van der Waals surface area contributed by atoms with Gasteiger partial charge in [-0.25, -0.2) is 28.5 Å². The van der Waals surface area contributed by atoms with Crippen molar-refractivity contribution >= 4 is 28.8 Å². The molecule has 0 spiro atoms. The van der Waals surface area contributed by atoms with Gasteiger partial charge in [0.1, 0.15) is 28.1 Å². The van der Waals surface area contributed by atoms with E-state index in [1.54, 1.807) is 16.5 Å². The van der Waals surface area contributed by atoms with Crippen LogP contribution in [-0.2, 0) is 23.3 Å². The molecule has 12 heteroatoms. The molecular formula is C32H38FN7O4. The first kappa shape index (κ1) is 29.7. The highest BCUT2D eigenvalue weighted by Crippen LogP contribution is 2.45. The predicted octanol–water partition coefficient (Wildman–Crippen LogP) is 5.35. The van der Waals surface area contributed by atoms with Crippen LogP contribution >= 0.6 is 0 Å². The van der Waals surface area contributed by atoms with Gasteiger partial charge in [0.2, 0.25) is 5.95 Å². The Hall–Kier alpha value is -4.32. The molecule has 1 unspecified atom stereocenters. The maximum atomic E-state index is 14.9. The van der Waals surface area contributed by atoms with Gasteiger partial charge in [-0.15, -0.1) is 0 Å². The Labute approximate surface area is 254 Å². The number of nitrogens with one attached hydrogen (secondary N) is 1. The average Bonchev–Trinajstić information content (AvgIpc) is 3.77. The number of hydrogen-bond donors (Lipinski definition) is 2. The van der Waals surface area contributed by atoms with Crippen LogP contribution in [0.5, 0.6) is 0 Å². The summed E-state index contributed by atoms with van der Waals surface area (Å²) in [4.78, 5) is 41.4. The average molecular weight is 604 g/mol. The van der Waals surface area contributed by atoms with Crippen molar-refractivity contribution in [1.82, 2.24) is 29.2 Å². The number of amides is 1. The van der Waals surface area contributed by atoms with Crippen LogP contribution in [0.25, 0.3) is 16.9 Å². The second-order valence-corrected chi connectivity index (χ2v) is 13.2. The van der Waals surface area contributed by atoms with Crippen LogP contribution in [0.15, 0.2) is 41.3 Å². The third kappa shape index (κ3) is 5.54. The zero-order chi connectivity index (χ0) is 31.6. The van der Waals surface area contributed by atoms with Crippen LogP contribution in [0, 0.1) is 11.7 Å². The first-order chi connectivity index (χ1) is 20.7. The molecule has 1 saturated carbocycles. The molecule has 0 radical (unpaired) electrons. The van der Waals surface area contributed by atoms with E-state index in [1.165, 1.54) is 23.0 Å². The summed E-state index contributed by atoms with van der Waals surface area (Å²) in [5, 5.41) is 14.6. The van der Waals surface area contributed by atoms with Crippen LogP contribution in [-0.4, -0.2) is 52.6 Å². The molecule has 232 valence electrons. The maximum Gasteiger partial charge on any atom is 0.410 e. The number of pyridine rings is 1. The number of hydrogen-bond acceptors (Lipinski definition) is 8. The lowest BCUT2D eigenvalue weighted by Crippen LogP contribution is -2.39. The van der Waals surface area contributed by atoms with E-state index in [-0.39, 0.29) is 41.1 Å². The molecule has 3 aromatic heterocycles. The Morgan fingerprint density at radius 2 is 1.86 bits per heavy atom. The Bertz CT molecular complexity index is 1820. The first-order valence-corrected chi connectivity index (χ1v) is 15.0. The summed E-state index contributed by atoms with van der Waals surface area (Å²) in [5.74, 6) is -0.121. The Kier molecular flexibility index (Phi) is 7.22. The minimum Gasteiger partial charge on any atom is -0.444 e. The number of nitrogens with zero attached hydrogens (tertiary/aromatic N) is 6. The Morgan fingerprint density at radius 3 is 2.55 bits per heavy atom. The minimum absolute atomic E-state index is 0.0474. The fourth-order valence-electron chi connectivity index (χ4n) is 5.73. The summed E-state index contributed by atoms with van der Waals surface area (Å²) >= 11 is 0. The summed E-state index contributed by atoms with van der Waals surface area (Å²) in [6.45, 7) is 11.9. The zero-order valence-electron chi connectivity index (χ0n) is 25.9. The molecular weight excluding hydrogens is 565 g/mol. The number of carbonyl (C=O) groups excluding carboxylic acids is 1. The fraction of sp³-hybridized carbons (Fsp3) is 0.469. The van der Waals surface area contributed by atoms with Crippen LogP contribution in [0.1, 0.15) is 77.2 Å². The van der Waals surface area contributed by atoms with Crippen molar-refractivity contribution in [2.75, 3.05) is 11.9 Å². The summed E-state index contributed by atoms with van der Waals surface area (Å²) in [6, 6.07) is 8.35. The van der Waals surface area contributed by atoms with Gasteiger partial charge < -0.3 is 20.1 Å². The monoisotopic (exact) mass is 603 g/mol. The molecule has 4 heterocycles. The van der Waals surface area contributed by atoms with E-state index in [0.29, 0.717) is 30.5 Å². The van der Waals surface area contributed by atoms with Gasteiger partial charge in [-0.05, 0) is 102 Å².